The smallest absolute Gasteiger partial charge is 0.219 e. The molecule has 0 spiro atoms. The highest BCUT2D eigenvalue weighted by Gasteiger charge is 2.18. The van der Waals surface area contributed by atoms with Crippen molar-refractivity contribution in [1.82, 2.24) is 28.7 Å². The van der Waals surface area contributed by atoms with Gasteiger partial charge in [0.25, 0.3) is 0 Å². The molecule has 0 radical (unpaired) electrons. The van der Waals surface area contributed by atoms with E-state index in [1.165, 1.54) is 25.7 Å². The number of nitrogens with zero attached hydrogens (tertiary/aromatic N) is 6. The Balaban J connectivity index is 1.52. The van der Waals surface area contributed by atoms with Crippen LogP contribution in [0.25, 0.3) is 33.8 Å². The zero-order chi connectivity index (χ0) is 28.2. The second-order valence-corrected chi connectivity index (χ2v) is 10.8. The number of aryl methyl sites for hydroxylation is 4. The van der Waals surface area contributed by atoms with Gasteiger partial charge >= 0.3 is 0 Å². The molecule has 8 heteroatoms. The number of imidazole rings is 2. The molecule has 0 bridgehead atoms. The molecule has 5 aromatic rings. The minimum absolute atomic E-state index is 0.155. The quantitative estimate of drug-likeness (QED) is 0.160. The lowest BCUT2D eigenvalue weighted by atomic mass is 10.1. The van der Waals surface area contributed by atoms with Crippen molar-refractivity contribution in [3.63, 3.8) is 0 Å². The average molecular weight is 541 g/mol. The van der Waals surface area contributed by atoms with Gasteiger partial charge in [-0.1, -0.05) is 76.6 Å². The molecule has 1 aromatic carbocycles. The van der Waals surface area contributed by atoms with Crippen molar-refractivity contribution in [2.24, 2.45) is 0 Å². The van der Waals surface area contributed by atoms with Gasteiger partial charge in [-0.3, -0.25) is 8.80 Å². The SMILES string of the molecule is CCCCCCc1cn2c(O)c(C)nc2c(-c2ccc(-c3nc(CCCCCC)cn4c(O)c(C)nc34)cc2)n1. The van der Waals surface area contributed by atoms with Gasteiger partial charge in [-0.25, -0.2) is 19.9 Å². The van der Waals surface area contributed by atoms with Crippen LogP contribution in [0.4, 0.5) is 0 Å². The van der Waals surface area contributed by atoms with Crippen molar-refractivity contribution in [1.29, 1.82) is 0 Å². The van der Waals surface area contributed by atoms with Crippen LogP contribution in [0.15, 0.2) is 36.7 Å². The molecule has 0 atom stereocenters. The lowest BCUT2D eigenvalue weighted by Gasteiger charge is -2.11. The van der Waals surface area contributed by atoms with E-state index in [2.05, 4.69) is 23.8 Å². The largest absolute Gasteiger partial charge is 0.493 e. The summed E-state index contributed by atoms with van der Waals surface area (Å²) in [5.74, 6) is 0.309. The maximum Gasteiger partial charge on any atom is 0.219 e. The molecule has 0 unspecified atom stereocenters. The fraction of sp³-hybridized carbons (Fsp3) is 0.438. The van der Waals surface area contributed by atoms with E-state index < -0.39 is 0 Å². The number of aromatic nitrogens is 6. The van der Waals surface area contributed by atoms with Gasteiger partial charge in [-0.15, -0.1) is 0 Å². The van der Waals surface area contributed by atoms with Gasteiger partial charge in [0.1, 0.15) is 22.8 Å². The van der Waals surface area contributed by atoms with Gasteiger partial charge in [-0.05, 0) is 39.5 Å². The van der Waals surface area contributed by atoms with E-state index in [9.17, 15) is 10.2 Å². The van der Waals surface area contributed by atoms with Gasteiger partial charge in [0.2, 0.25) is 11.8 Å². The van der Waals surface area contributed by atoms with Crippen molar-refractivity contribution >= 4 is 11.3 Å². The summed E-state index contributed by atoms with van der Waals surface area (Å²) in [5.41, 5.74) is 7.67. The Morgan fingerprint density at radius 2 is 0.975 bits per heavy atom. The fourth-order valence-corrected chi connectivity index (χ4v) is 5.28. The summed E-state index contributed by atoms with van der Waals surface area (Å²) in [5, 5.41) is 21.3. The van der Waals surface area contributed by atoms with Crippen LogP contribution < -0.4 is 0 Å². The standard InChI is InChI=1S/C32H40N6O2/c1-5-7-9-11-13-25-19-37-29(33-21(3)31(37)39)27(35-25)23-15-17-24(18-16-23)28-30-34-22(4)32(40)38(30)20-26(36-28)14-12-10-8-6-2/h15-20,39-40H,5-14H2,1-4H3. The molecule has 4 heterocycles. The maximum absolute atomic E-state index is 10.7. The van der Waals surface area contributed by atoms with Crippen LogP contribution in [0.1, 0.15) is 88.0 Å². The molecule has 0 saturated carbocycles. The van der Waals surface area contributed by atoms with Crippen LogP contribution >= 0.6 is 0 Å². The van der Waals surface area contributed by atoms with E-state index in [1.807, 2.05) is 50.5 Å². The molecule has 40 heavy (non-hydrogen) atoms. The first-order valence-electron chi connectivity index (χ1n) is 14.7. The van der Waals surface area contributed by atoms with E-state index in [1.54, 1.807) is 8.80 Å². The molecule has 0 fully saturated rings. The Labute approximate surface area is 235 Å². The number of aromatic hydroxyl groups is 2. The molecule has 0 amide bonds. The minimum atomic E-state index is 0.155. The van der Waals surface area contributed by atoms with Crippen LogP contribution in [-0.4, -0.2) is 39.0 Å². The number of rotatable bonds is 12. The van der Waals surface area contributed by atoms with Crippen molar-refractivity contribution in [2.75, 3.05) is 0 Å². The van der Waals surface area contributed by atoms with Crippen molar-refractivity contribution in [2.45, 2.75) is 91.9 Å². The highest BCUT2D eigenvalue weighted by Crippen LogP contribution is 2.32. The first-order valence-corrected chi connectivity index (χ1v) is 14.7. The molecule has 5 rings (SSSR count). The monoisotopic (exact) mass is 540 g/mol. The Kier molecular flexibility index (Phi) is 8.33. The van der Waals surface area contributed by atoms with Crippen molar-refractivity contribution in [3.05, 3.63) is 59.4 Å². The van der Waals surface area contributed by atoms with Crippen LogP contribution in [0.2, 0.25) is 0 Å². The second-order valence-electron chi connectivity index (χ2n) is 10.8. The molecule has 0 aliphatic heterocycles. The Morgan fingerprint density at radius 3 is 1.35 bits per heavy atom. The molecule has 0 aliphatic rings. The summed E-state index contributed by atoms with van der Waals surface area (Å²) in [6.07, 6.45) is 14.8. The van der Waals surface area contributed by atoms with E-state index in [4.69, 9.17) is 9.97 Å². The number of hydrogen-bond acceptors (Lipinski definition) is 6. The lowest BCUT2D eigenvalue weighted by molar-refractivity contribution is 0.443. The topological polar surface area (TPSA) is 101 Å². The number of fused-ring (bicyclic) bond motifs is 2. The summed E-state index contributed by atoms with van der Waals surface area (Å²) in [4.78, 5) is 19.2. The molecule has 0 aliphatic carbocycles. The first-order chi connectivity index (χ1) is 19.4. The molecule has 8 nitrogen and oxygen atoms in total. The van der Waals surface area contributed by atoms with Gasteiger partial charge in [-0.2, -0.15) is 0 Å². The van der Waals surface area contributed by atoms with E-state index in [-0.39, 0.29) is 11.8 Å². The average Bonchev–Trinajstić information content (AvgIpc) is 3.42. The highest BCUT2D eigenvalue weighted by molar-refractivity contribution is 5.80. The van der Waals surface area contributed by atoms with Gasteiger partial charge in [0.05, 0.1) is 11.4 Å². The summed E-state index contributed by atoms with van der Waals surface area (Å²) in [6.45, 7) is 8.03. The third-order valence-corrected chi connectivity index (χ3v) is 7.60. The van der Waals surface area contributed by atoms with Crippen molar-refractivity contribution in [3.8, 4) is 34.3 Å². The van der Waals surface area contributed by atoms with E-state index >= 15 is 0 Å². The number of hydrogen-bond donors (Lipinski definition) is 2. The molecular weight excluding hydrogens is 500 g/mol. The number of unbranched alkanes of at least 4 members (excludes halogenated alkanes) is 6. The molecule has 210 valence electrons. The second kappa shape index (κ2) is 12.1. The first kappa shape index (κ1) is 27.6. The normalized spacial score (nSPS) is 11.7. The zero-order valence-electron chi connectivity index (χ0n) is 24.1. The Morgan fingerprint density at radius 1 is 0.575 bits per heavy atom. The summed E-state index contributed by atoms with van der Waals surface area (Å²) >= 11 is 0. The zero-order valence-corrected chi connectivity index (χ0v) is 24.1. The van der Waals surface area contributed by atoms with Gasteiger partial charge in [0, 0.05) is 23.5 Å². The Hall–Kier alpha value is -3.94. The highest BCUT2D eigenvalue weighted by atomic mass is 16.3. The van der Waals surface area contributed by atoms with Crippen LogP contribution in [-0.2, 0) is 12.8 Å². The molecule has 2 N–H and O–H groups in total. The minimum Gasteiger partial charge on any atom is -0.493 e. The third kappa shape index (κ3) is 5.53. The van der Waals surface area contributed by atoms with Gasteiger partial charge < -0.3 is 10.2 Å². The van der Waals surface area contributed by atoms with Crippen LogP contribution in [0, 0.1) is 13.8 Å². The Bertz CT molecular complexity index is 1500. The predicted molar refractivity (Wildman–Crippen MR) is 159 cm³/mol. The summed E-state index contributed by atoms with van der Waals surface area (Å²) in [6, 6.07) is 8.12. The lowest BCUT2D eigenvalue weighted by Crippen LogP contribution is -2.01. The van der Waals surface area contributed by atoms with Crippen molar-refractivity contribution < 1.29 is 10.2 Å². The van der Waals surface area contributed by atoms with E-state index in [0.717, 1.165) is 72.4 Å². The van der Waals surface area contributed by atoms with E-state index in [0.29, 0.717) is 22.7 Å². The molecular formula is C32H40N6O2. The van der Waals surface area contributed by atoms with Gasteiger partial charge in [0.15, 0.2) is 11.3 Å². The summed E-state index contributed by atoms with van der Waals surface area (Å²) in [7, 11) is 0. The molecule has 4 aromatic heterocycles. The predicted octanol–water partition coefficient (Wildman–Crippen LogP) is 7.38. The molecule has 0 saturated heterocycles. The number of benzene rings is 1. The van der Waals surface area contributed by atoms with Crippen LogP contribution in [0.5, 0.6) is 11.8 Å². The fourth-order valence-electron chi connectivity index (χ4n) is 5.28. The third-order valence-electron chi connectivity index (χ3n) is 7.60. The summed E-state index contributed by atoms with van der Waals surface area (Å²) < 4.78 is 3.51. The van der Waals surface area contributed by atoms with Crippen LogP contribution in [0.3, 0.4) is 0 Å². The maximum atomic E-state index is 10.7.